The third-order valence-electron chi connectivity index (χ3n) is 10.9. The lowest BCUT2D eigenvalue weighted by molar-refractivity contribution is -0.0514. The Kier molecular flexibility index (Phi) is 7.12. The Labute approximate surface area is 193 Å². The summed E-state index contributed by atoms with van der Waals surface area (Å²) < 4.78 is 0. The Morgan fingerprint density at radius 2 is 1.87 bits per heavy atom. The number of nitrogens with one attached hydrogen (secondary N) is 1. The second-order valence-electron chi connectivity index (χ2n) is 12.9. The van der Waals surface area contributed by atoms with Gasteiger partial charge in [0.15, 0.2) is 0 Å². The molecule has 0 aromatic carbocycles. The van der Waals surface area contributed by atoms with Crippen molar-refractivity contribution in [3.8, 4) is 0 Å². The average Bonchev–Trinajstić information content (AvgIpc) is 3.09. The van der Waals surface area contributed by atoms with Gasteiger partial charge in [0.2, 0.25) is 0 Å². The number of hydrogen-bond donors (Lipinski definition) is 1. The molecule has 31 heavy (non-hydrogen) atoms. The van der Waals surface area contributed by atoms with Crippen molar-refractivity contribution in [1.82, 2.24) is 5.32 Å². The molecule has 4 unspecified atom stereocenters. The van der Waals surface area contributed by atoms with Crippen molar-refractivity contribution >= 4 is 0 Å². The highest BCUT2D eigenvalue weighted by Gasteiger charge is 2.59. The molecule has 1 nitrogen and oxygen atoms in total. The molecule has 1 N–H and O–H groups in total. The summed E-state index contributed by atoms with van der Waals surface area (Å²) in [7, 11) is 0. The van der Waals surface area contributed by atoms with E-state index >= 15 is 0 Å². The highest BCUT2D eigenvalue weighted by Crippen LogP contribution is 2.67. The SMILES string of the molecule is C=CCNC1CC[C@@]2(C)C(=CCC3C2CC[C@@]2(C)C3CC[C@@H]2[C@H](C)CCCC(C)C)C1. The van der Waals surface area contributed by atoms with Gasteiger partial charge in [-0.1, -0.05) is 71.6 Å². The monoisotopic (exact) mass is 425 g/mol. The summed E-state index contributed by atoms with van der Waals surface area (Å²) in [4.78, 5) is 0. The lowest BCUT2D eigenvalue weighted by Gasteiger charge is -2.58. The van der Waals surface area contributed by atoms with Crippen molar-refractivity contribution in [3.63, 3.8) is 0 Å². The van der Waals surface area contributed by atoms with Crippen molar-refractivity contribution in [3.05, 3.63) is 24.3 Å². The Morgan fingerprint density at radius 1 is 1.06 bits per heavy atom. The molecule has 3 fully saturated rings. The second-order valence-corrected chi connectivity index (χ2v) is 12.9. The predicted octanol–water partition coefficient (Wildman–Crippen LogP) is 8.17. The van der Waals surface area contributed by atoms with E-state index in [-0.39, 0.29) is 0 Å². The fraction of sp³-hybridized carbons (Fsp3) is 0.867. The normalized spacial score (nSPS) is 43.0. The maximum absolute atomic E-state index is 3.90. The zero-order chi connectivity index (χ0) is 22.2. The van der Waals surface area contributed by atoms with Crippen LogP contribution >= 0.6 is 0 Å². The summed E-state index contributed by atoms with van der Waals surface area (Å²) >= 11 is 0. The van der Waals surface area contributed by atoms with Crippen LogP contribution in [-0.4, -0.2) is 12.6 Å². The third-order valence-corrected chi connectivity index (χ3v) is 10.9. The van der Waals surface area contributed by atoms with E-state index < -0.39 is 0 Å². The molecular weight excluding hydrogens is 374 g/mol. The van der Waals surface area contributed by atoms with Crippen LogP contribution in [0.15, 0.2) is 24.3 Å². The molecule has 4 rings (SSSR count). The van der Waals surface area contributed by atoms with Crippen molar-refractivity contribution < 1.29 is 0 Å². The van der Waals surface area contributed by atoms with Gasteiger partial charge in [-0.2, -0.15) is 0 Å². The van der Waals surface area contributed by atoms with Crippen LogP contribution in [0, 0.1) is 46.3 Å². The Morgan fingerprint density at radius 3 is 2.61 bits per heavy atom. The minimum atomic E-state index is 0.484. The molecule has 0 aliphatic heterocycles. The Bertz CT molecular complexity index is 661. The maximum atomic E-state index is 3.90. The molecule has 8 atom stereocenters. The van der Waals surface area contributed by atoms with Gasteiger partial charge < -0.3 is 5.32 Å². The minimum Gasteiger partial charge on any atom is -0.310 e. The van der Waals surface area contributed by atoms with Gasteiger partial charge >= 0.3 is 0 Å². The molecule has 0 radical (unpaired) electrons. The number of allylic oxidation sites excluding steroid dienone is 1. The summed E-state index contributed by atoms with van der Waals surface area (Å²) in [5.41, 5.74) is 2.90. The lowest BCUT2D eigenvalue weighted by atomic mass is 9.47. The van der Waals surface area contributed by atoms with E-state index in [1.165, 1.54) is 70.6 Å². The molecular formula is C30H51N. The first-order chi connectivity index (χ1) is 14.8. The molecule has 0 aromatic heterocycles. The van der Waals surface area contributed by atoms with Gasteiger partial charge in [-0.15, -0.1) is 6.58 Å². The summed E-state index contributed by atoms with van der Waals surface area (Å²) in [5.74, 6) is 5.64. The molecule has 0 spiro atoms. The highest BCUT2D eigenvalue weighted by molar-refractivity contribution is 5.26. The fourth-order valence-corrected chi connectivity index (χ4v) is 9.11. The molecule has 0 heterocycles. The first kappa shape index (κ1) is 23.6. The third kappa shape index (κ3) is 4.34. The van der Waals surface area contributed by atoms with E-state index in [0.717, 1.165) is 42.1 Å². The van der Waals surface area contributed by atoms with E-state index in [9.17, 15) is 0 Å². The van der Waals surface area contributed by atoms with Crippen molar-refractivity contribution in [1.29, 1.82) is 0 Å². The summed E-state index contributed by atoms with van der Waals surface area (Å²) in [6.45, 7) is 17.6. The first-order valence-corrected chi connectivity index (χ1v) is 13.8. The van der Waals surface area contributed by atoms with E-state index in [1.54, 1.807) is 0 Å². The summed E-state index contributed by atoms with van der Waals surface area (Å²) in [5, 5.41) is 3.72. The molecule has 0 bridgehead atoms. The topological polar surface area (TPSA) is 12.0 Å². The zero-order valence-corrected chi connectivity index (χ0v) is 21.4. The van der Waals surface area contributed by atoms with Crippen LogP contribution in [0.1, 0.15) is 105 Å². The fourth-order valence-electron chi connectivity index (χ4n) is 9.11. The van der Waals surface area contributed by atoms with Crippen LogP contribution in [0.25, 0.3) is 0 Å². The van der Waals surface area contributed by atoms with E-state index in [2.05, 4.69) is 52.6 Å². The van der Waals surface area contributed by atoms with Gasteiger partial charge in [0.1, 0.15) is 0 Å². The van der Waals surface area contributed by atoms with Gasteiger partial charge in [-0.3, -0.25) is 0 Å². The highest BCUT2D eigenvalue weighted by atomic mass is 14.9. The lowest BCUT2D eigenvalue weighted by Crippen LogP contribution is -2.51. The summed E-state index contributed by atoms with van der Waals surface area (Å²) in [6, 6.07) is 0.672. The van der Waals surface area contributed by atoms with Crippen LogP contribution in [0.3, 0.4) is 0 Å². The standard InChI is InChI=1S/C30H51N/c1-7-19-31-24-15-17-29(5)23(20-24)11-12-25-27-14-13-26(22(4)10-8-9-21(2)3)30(27,6)18-16-28(25)29/h7,11,21-22,24-28,31H,1,8-10,12-20H2,2-6H3/t22-,24?,25?,26-,27?,28?,29+,30-/m1/s1. The molecule has 0 aromatic rings. The molecule has 4 aliphatic carbocycles. The van der Waals surface area contributed by atoms with Gasteiger partial charge in [0, 0.05) is 12.6 Å². The minimum absolute atomic E-state index is 0.484. The molecule has 176 valence electrons. The second kappa shape index (κ2) is 9.36. The maximum Gasteiger partial charge on any atom is 0.0135 e. The average molecular weight is 426 g/mol. The van der Waals surface area contributed by atoms with E-state index in [1.807, 2.05) is 11.6 Å². The molecule has 0 amide bonds. The van der Waals surface area contributed by atoms with Gasteiger partial charge in [-0.25, -0.2) is 0 Å². The zero-order valence-electron chi connectivity index (χ0n) is 21.4. The Balaban J connectivity index is 1.45. The van der Waals surface area contributed by atoms with Crippen molar-refractivity contribution in [2.24, 2.45) is 46.3 Å². The number of rotatable bonds is 8. The molecule has 4 aliphatic rings. The van der Waals surface area contributed by atoms with Crippen LogP contribution in [-0.2, 0) is 0 Å². The van der Waals surface area contributed by atoms with E-state index in [0.29, 0.717) is 16.9 Å². The molecule has 0 saturated heterocycles. The van der Waals surface area contributed by atoms with Crippen LogP contribution in [0.2, 0.25) is 0 Å². The number of fused-ring (bicyclic) bond motifs is 5. The first-order valence-electron chi connectivity index (χ1n) is 13.8. The van der Waals surface area contributed by atoms with Crippen molar-refractivity contribution in [2.75, 3.05) is 6.54 Å². The van der Waals surface area contributed by atoms with Crippen LogP contribution in [0.4, 0.5) is 0 Å². The quantitative estimate of drug-likeness (QED) is 0.387. The van der Waals surface area contributed by atoms with Gasteiger partial charge in [0.05, 0.1) is 0 Å². The van der Waals surface area contributed by atoms with Crippen LogP contribution in [0.5, 0.6) is 0 Å². The van der Waals surface area contributed by atoms with Gasteiger partial charge in [-0.05, 0) is 97.7 Å². The van der Waals surface area contributed by atoms with Crippen LogP contribution < -0.4 is 5.32 Å². The molecule has 3 saturated carbocycles. The van der Waals surface area contributed by atoms with Gasteiger partial charge in [0.25, 0.3) is 0 Å². The van der Waals surface area contributed by atoms with Crippen molar-refractivity contribution in [2.45, 2.75) is 111 Å². The van der Waals surface area contributed by atoms with E-state index in [4.69, 9.17) is 0 Å². The molecule has 1 heteroatoms. The largest absolute Gasteiger partial charge is 0.310 e. The Hall–Kier alpha value is -0.560. The predicted molar refractivity (Wildman–Crippen MR) is 135 cm³/mol. The summed E-state index contributed by atoms with van der Waals surface area (Å²) in [6.07, 6.45) is 20.5. The smallest absolute Gasteiger partial charge is 0.0135 e. The number of hydrogen-bond acceptors (Lipinski definition) is 1.